The molecule has 0 bridgehead atoms. The first kappa shape index (κ1) is 16.0. The molecule has 0 atom stereocenters. The standard InChI is InChI=1S/C18H20N4O2/c1-3-17(23)21(2)14-9-7-13(8-10-14)18(24)20-16-12-19-15-6-4-5-11-22(15)16/h3,7-10,12H,1,4-6,11H2,2H3,(H,20,24). The van der Waals surface area contributed by atoms with Gasteiger partial charge in [0.25, 0.3) is 5.91 Å². The van der Waals surface area contributed by atoms with E-state index in [2.05, 4.69) is 21.4 Å². The zero-order valence-corrected chi connectivity index (χ0v) is 13.7. The fourth-order valence-electron chi connectivity index (χ4n) is 2.80. The highest BCUT2D eigenvalue weighted by molar-refractivity contribution is 6.05. The molecule has 0 saturated heterocycles. The minimum atomic E-state index is -0.196. The number of carbonyl (C=O) groups excluding carboxylic acids is 2. The summed E-state index contributed by atoms with van der Waals surface area (Å²) in [4.78, 5) is 29.9. The van der Waals surface area contributed by atoms with Crippen LogP contribution in [0.4, 0.5) is 11.5 Å². The molecule has 2 amide bonds. The molecule has 6 heteroatoms. The van der Waals surface area contributed by atoms with Gasteiger partial charge in [0, 0.05) is 31.3 Å². The van der Waals surface area contributed by atoms with Crippen molar-refractivity contribution < 1.29 is 9.59 Å². The van der Waals surface area contributed by atoms with Crippen LogP contribution in [0.15, 0.2) is 43.1 Å². The Morgan fingerprint density at radius 1 is 1.29 bits per heavy atom. The highest BCUT2D eigenvalue weighted by Gasteiger charge is 2.16. The second-order valence-electron chi connectivity index (χ2n) is 5.77. The number of hydrogen-bond donors (Lipinski definition) is 1. The number of nitrogens with zero attached hydrogens (tertiary/aromatic N) is 3. The van der Waals surface area contributed by atoms with Crippen molar-refractivity contribution in [1.82, 2.24) is 9.55 Å². The highest BCUT2D eigenvalue weighted by atomic mass is 16.2. The van der Waals surface area contributed by atoms with E-state index in [0.29, 0.717) is 11.3 Å². The van der Waals surface area contributed by atoms with Crippen LogP contribution in [0.3, 0.4) is 0 Å². The maximum Gasteiger partial charge on any atom is 0.256 e. The predicted octanol–water partition coefficient (Wildman–Crippen LogP) is 2.62. The van der Waals surface area contributed by atoms with Crippen molar-refractivity contribution in [2.24, 2.45) is 0 Å². The van der Waals surface area contributed by atoms with E-state index < -0.39 is 0 Å². The fraction of sp³-hybridized carbons (Fsp3) is 0.278. The van der Waals surface area contributed by atoms with Crippen LogP contribution in [0.2, 0.25) is 0 Å². The van der Waals surface area contributed by atoms with Crippen LogP contribution in [0.5, 0.6) is 0 Å². The molecule has 1 aliphatic rings. The Morgan fingerprint density at radius 3 is 2.75 bits per heavy atom. The van der Waals surface area contributed by atoms with Gasteiger partial charge in [0.1, 0.15) is 11.6 Å². The summed E-state index contributed by atoms with van der Waals surface area (Å²) < 4.78 is 2.06. The number of rotatable bonds is 4. The normalized spacial score (nSPS) is 13.0. The number of amides is 2. The van der Waals surface area contributed by atoms with E-state index in [1.807, 2.05) is 0 Å². The molecule has 124 valence electrons. The first-order valence-corrected chi connectivity index (χ1v) is 7.96. The number of hydrogen-bond acceptors (Lipinski definition) is 3. The number of benzene rings is 1. The number of aryl methyl sites for hydroxylation is 1. The molecule has 2 heterocycles. The molecule has 1 N–H and O–H groups in total. The molecular weight excluding hydrogens is 304 g/mol. The second kappa shape index (κ2) is 6.70. The van der Waals surface area contributed by atoms with Crippen LogP contribution < -0.4 is 10.2 Å². The lowest BCUT2D eigenvalue weighted by molar-refractivity contribution is -0.113. The topological polar surface area (TPSA) is 67.2 Å². The van der Waals surface area contributed by atoms with E-state index in [9.17, 15) is 9.59 Å². The Kier molecular flexibility index (Phi) is 4.46. The third kappa shape index (κ3) is 3.08. The third-order valence-corrected chi connectivity index (χ3v) is 4.23. The fourth-order valence-corrected chi connectivity index (χ4v) is 2.80. The number of likely N-dealkylation sites (N-methyl/N-ethyl adjacent to an activating group) is 1. The molecule has 6 nitrogen and oxygen atoms in total. The first-order chi connectivity index (χ1) is 11.6. The average Bonchev–Trinajstić information content (AvgIpc) is 3.03. The molecule has 0 aliphatic carbocycles. The van der Waals surface area contributed by atoms with Crippen molar-refractivity contribution in [3.05, 3.63) is 54.5 Å². The van der Waals surface area contributed by atoms with Gasteiger partial charge in [-0.15, -0.1) is 0 Å². The summed E-state index contributed by atoms with van der Waals surface area (Å²) in [7, 11) is 1.66. The highest BCUT2D eigenvalue weighted by Crippen LogP contribution is 2.21. The predicted molar refractivity (Wildman–Crippen MR) is 93.2 cm³/mol. The molecule has 0 unspecified atom stereocenters. The minimum Gasteiger partial charge on any atom is -0.315 e. The van der Waals surface area contributed by atoms with Gasteiger partial charge >= 0.3 is 0 Å². The van der Waals surface area contributed by atoms with Gasteiger partial charge in [-0.3, -0.25) is 9.59 Å². The van der Waals surface area contributed by atoms with Gasteiger partial charge in [-0.05, 0) is 43.2 Å². The van der Waals surface area contributed by atoms with Gasteiger partial charge < -0.3 is 14.8 Å². The lowest BCUT2D eigenvalue weighted by Gasteiger charge is -2.17. The molecule has 0 radical (unpaired) electrons. The molecule has 0 saturated carbocycles. The Morgan fingerprint density at radius 2 is 2.04 bits per heavy atom. The maximum atomic E-state index is 12.4. The third-order valence-electron chi connectivity index (χ3n) is 4.23. The number of carbonyl (C=O) groups is 2. The summed E-state index contributed by atoms with van der Waals surface area (Å²) in [5.41, 5.74) is 1.24. The molecule has 0 spiro atoms. The van der Waals surface area contributed by atoms with Gasteiger partial charge in [-0.25, -0.2) is 4.98 Å². The summed E-state index contributed by atoms with van der Waals surface area (Å²) in [5.74, 6) is 1.37. The summed E-state index contributed by atoms with van der Waals surface area (Å²) in [6.45, 7) is 4.35. The number of imidazole rings is 1. The van der Waals surface area contributed by atoms with E-state index >= 15 is 0 Å². The Bertz CT molecular complexity index is 777. The van der Waals surface area contributed by atoms with Crippen molar-refractivity contribution in [2.75, 3.05) is 17.3 Å². The largest absolute Gasteiger partial charge is 0.315 e. The van der Waals surface area contributed by atoms with E-state index in [-0.39, 0.29) is 11.8 Å². The van der Waals surface area contributed by atoms with Crippen LogP contribution in [0.25, 0.3) is 0 Å². The first-order valence-electron chi connectivity index (χ1n) is 7.96. The minimum absolute atomic E-state index is 0.187. The Balaban J connectivity index is 1.73. The molecule has 2 aromatic rings. The maximum absolute atomic E-state index is 12.4. The van der Waals surface area contributed by atoms with Crippen LogP contribution in [-0.2, 0) is 17.8 Å². The SMILES string of the molecule is C=CC(=O)N(C)c1ccc(C(=O)Nc2cnc3n2CCCC3)cc1. The summed E-state index contributed by atoms with van der Waals surface area (Å²) >= 11 is 0. The Labute approximate surface area is 140 Å². The second-order valence-corrected chi connectivity index (χ2v) is 5.77. The molecular formula is C18H20N4O2. The van der Waals surface area contributed by atoms with Crippen LogP contribution >= 0.6 is 0 Å². The number of anilines is 2. The van der Waals surface area contributed by atoms with Crippen molar-refractivity contribution in [1.29, 1.82) is 0 Å². The van der Waals surface area contributed by atoms with Gasteiger partial charge in [0.05, 0.1) is 6.20 Å². The summed E-state index contributed by atoms with van der Waals surface area (Å²) in [6.07, 6.45) is 6.16. The lowest BCUT2D eigenvalue weighted by Crippen LogP contribution is -2.23. The van der Waals surface area contributed by atoms with Crippen LogP contribution in [0.1, 0.15) is 29.0 Å². The zero-order valence-electron chi connectivity index (χ0n) is 13.7. The van der Waals surface area contributed by atoms with Gasteiger partial charge in [0.15, 0.2) is 0 Å². The summed E-state index contributed by atoms with van der Waals surface area (Å²) in [6, 6.07) is 6.88. The average molecular weight is 324 g/mol. The smallest absolute Gasteiger partial charge is 0.256 e. The molecule has 0 fully saturated rings. The number of fused-ring (bicyclic) bond motifs is 1. The molecule has 1 aromatic carbocycles. The van der Waals surface area contributed by atoms with Crippen molar-refractivity contribution in [2.45, 2.75) is 25.8 Å². The number of nitrogens with one attached hydrogen (secondary N) is 1. The van der Waals surface area contributed by atoms with Crippen LogP contribution in [-0.4, -0.2) is 28.4 Å². The lowest BCUT2D eigenvalue weighted by atomic mass is 10.1. The van der Waals surface area contributed by atoms with Crippen LogP contribution in [0, 0.1) is 0 Å². The van der Waals surface area contributed by atoms with E-state index in [4.69, 9.17) is 0 Å². The summed E-state index contributed by atoms with van der Waals surface area (Å²) in [5, 5.41) is 2.91. The molecule has 3 rings (SSSR count). The molecule has 24 heavy (non-hydrogen) atoms. The monoisotopic (exact) mass is 324 g/mol. The van der Waals surface area contributed by atoms with E-state index in [0.717, 1.165) is 37.4 Å². The van der Waals surface area contributed by atoms with Gasteiger partial charge in [-0.2, -0.15) is 0 Å². The van der Waals surface area contributed by atoms with Crippen molar-refractivity contribution >= 4 is 23.3 Å². The quantitative estimate of drug-likeness (QED) is 0.879. The number of aromatic nitrogens is 2. The van der Waals surface area contributed by atoms with E-state index in [1.165, 1.54) is 11.0 Å². The zero-order chi connectivity index (χ0) is 17.1. The van der Waals surface area contributed by atoms with Gasteiger partial charge in [0.2, 0.25) is 5.91 Å². The van der Waals surface area contributed by atoms with Crippen molar-refractivity contribution in [3.63, 3.8) is 0 Å². The van der Waals surface area contributed by atoms with E-state index in [1.54, 1.807) is 37.5 Å². The molecule has 1 aromatic heterocycles. The molecule has 1 aliphatic heterocycles. The van der Waals surface area contributed by atoms with Crippen molar-refractivity contribution in [3.8, 4) is 0 Å². The van der Waals surface area contributed by atoms with Gasteiger partial charge in [-0.1, -0.05) is 6.58 Å². The Hall–Kier alpha value is -2.89.